The minimum atomic E-state index is -3.49. The maximum atomic E-state index is 12.5. The largest absolute Gasteiger partial charge is 0.326 e. The van der Waals surface area contributed by atoms with Crippen LogP contribution in [0.5, 0.6) is 0 Å². The van der Waals surface area contributed by atoms with Crippen LogP contribution in [-0.4, -0.2) is 27.1 Å². The lowest BCUT2D eigenvalue weighted by atomic mass is 10.1. The summed E-state index contributed by atoms with van der Waals surface area (Å²) in [6.07, 6.45) is 2.06. The fourth-order valence-corrected chi connectivity index (χ4v) is 4.10. The highest BCUT2D eigenvalue weighted by Crippen LogP contribution is 2.23. The second-order valence-corrected chi connectivity index (χ2v) is 8.85. The third-order valence-corrected chi connectivity index (χ3v) is 5.64. The molecule has 146 valence electrons. The first-order valence-electron chi connectivity index (χ1n) is 9.06. The Morgan fingerprint density at radius 2 is 1.70 bits per heavy atom. The summed E-state index contributed by atoms with van der Waals surface area (Å²) in [6, 6.07) is 11.5. The predicted molar refractivity (Wildman–Crippen MR) is 112 cm³/mol. The summed E-state index contributed by atoms with van der Waals surface area (Å²) in [4.78, 5) is 12.5. The molecule has 1 amide bonds. The number of carbonyl (C=O) groups is 1. The van der Waals surface area contributed by atoms with Gasteiger partial charge < -0.3 is 5.32 Å². The summed E-state index contributed by atoms with van der Waals surface area (Å²) in [5.41, 5.74) is 5.44. The molecule has 5 nitrogen and oxygen atoms in total. The second-order valence-electron chi connectivity index (χ2n) is 6.94. The van der Waals surface area contributed by atoms with Crippen molar-refractivity contribution in [3.05, 3.63) is 58.7 Å². The molecule has 0 atom stereocenters. The zero-order chi connectivity index (χ0) is 20.2. The van der Waals surface area contributed by atoms with Crippen LogP contribution in [0.2, 0.25) is 0 Å². The van der Waals surface area contributed by atoms with E-state index < -0.39 is 10.0 Å². The maximum absolute atomic E-state index is 12.5. The Hall–Kier alpha value is -2.34. The lowest BCUT2D eigenvalue weighted by Crippen LogP contribution is -2.33. The minimum absolute atomic E-state index is 0.0809. The Balaban J connectivity index is 2.17. The fraction of sp³-hybridized carbons (Fsp3) is 0.381. The Labute approximate surface area is 162 Å². The van der Waals surface area contributed by atoms with E-state index in [9.17, 15) is 13.2 Å². The molecule has 0 fully saturated rings. The summed E-state index contributed by atoms with van der Waals surface area (Å²) >= 11 is 0. The molecule has 0 bridgehead atoms. The van der Waals surface area contributed by atoms with E-state index in [0.29, 0.717) is 5.69 Å². The minimum Gasteiger partial charge on any atom is -0.326 e. The molecule has 0 aliphatic heterocycles. The van der Waals surface area contributed by atoms with Crippen LogP contribution in [0.15, 0.2) is 36.4 Å². The Morgan fingerprint density at radius 3 is 2.26 bits per heavy atom. The Morgan fingerprint density at radius 1 is 1.07 bits per heavy atom. The number of carbonyl (C=O) groups excluding carboxylic acids is 1. The van der Waals surface area contributed by atoms with Gasteiger partial charge in [0.2, 0.25) is 15.9 Å². The fourth-order valence-electron chi connectivity index (χ4n) is 3.19. The first-order chi connectivity index (χ1) is 12.6. The van der Waals surface area contributed by atoms with Gasteiger partial charge in [-0.3, -0.25) is 9.10 Å². The van der Waals surface area contributed by atoms with Crippen molar-refractivity contribution < 1.29 is 13.2 Å². The number of nitrogens with zero attached hydrogens (tertiary/aromatic N) is 1. The predicted octanol–water partition coefficient (Wildman–Crippen LogP) is 3.97. The number of hydrogen-bond acceptors (Lipinski definition) is 3. The molecule has 0 spiro atoms. The summed E-state index contributed by atoms with van der Waals surface area (Å²) in [5.74, 6) is -0.197. The van der Waals surface area contributed by atoms with Gasteiger partial charge in [0.1, 0.15) is 0 Å². The van der Waals surface area contributed by atoms with Gasteiger partial charge in [0.05, 0.1) is 11.9 Å². The van der Waals surface area contributed by atoms with E-state index in [1.807, 2.05) is 64.1 Å². The van der Waals surface area contributed by atoms with E-state index in [1.165, 1.54) is 10.6 Å². The van der Waals surface area contributed by atoms with Crippen LogP contribution in [0.3, 0.4) is 0 Å². The van der Waals surface area contributed by atoms with E-state index in [-0.39, 0.29) is 18.9 Å². The molecule has 27 heavy (non-hydrogen) atoms. The second kappa shape index (κ2) is 8.57. The van der Waals surface area contributed by atoms with Crippen molar-refractivity contribution in [3.63, 3.8) is 0 Å². The number of rotatable bonds is 7. The average Bonchev–Trinajstić information content (AvgIpc) is 2.54. The molecule has 0 unspecified atom stereocenters. The monoisotopic (exact) mass is 388 g/mol. The summed E-state index contributed by atoms with van der Waals surface area (Å²) in [5, 5.41) is 2.95. The summed E-state index contributed by atoms with van der Waals surface area (Å²) < 4.78 is 25.8. The molecular formula is C21H28N2O3S. The third kappa shape index (κ3) is 5.57. The van der Waals surface area contributed by atoms with E-state index in [4.69, 9.17) is 0 Å². The lowest BCUT2D eigenvalue weighted by Gasteiger charge is -2.23. The van der Waals surface area contributed by atoms with Crippen molar-refractivity contribution in [1.29, 1.82) is 0 Å². The molecular weight excluding hydrogens is 360 g/mol. The topological polar surface area (TPSA) is 66.5 Å². The molecule has 0 saturated carbocycles. The number of para-hydroxylation sites is 1. The molecule has 6 heteroatoms. The van der Waals surface area contributed by atoms with Gasteiger partial charge in [0.25, 0.3) is 0 Å². The molecule has 0 aromatic heterocycles. The average molecular weight is 389 g/mol. The first-order valence-corrected chi connectivity index (χ1v) is 10.9. The number of nitrogens with one attached hydrogen (secondary N) is 1. The van der Waals surface area contributed by atoms with Crippen molar-refractivity contribution in [3.8, 4) is 0 Å². The van der Waals surface area contributed by atoms with Crippen LogP contribution < -0.4 is 9.62 Å². The quantitative estimate of drug-likeness (QED) is 0.780. The van der Waals surface area contributed by atoms with Gasteiger partial charge in [-0.05, 0) is 61.6 Å². The van der Waals surface area contributed by atoms with Crippen LogP contribution in [0, 0.1) is 20.8 Å². The van der Waals surface area contributed by atoms with Crippen molar-refractivity contribution in [2.24, 2.45) is 0 Å². The Kier molecular flexibility index (Phi) is 6.65. The van der Waals surface area contributed by atoms with Gasteiger partial charge in [-0.25, -0.2) is 8.42 Å². The maximum Gasteiger partial charge on any atom is 0.232 e. The van der Waals surface area contributed by atoms with Gasteiger partial charge >= 0.3 is 0 Å². The van der Waals surface area contributed by atoms with Crippen LogP contribution >= 0.6 is 0 Å². The van der Waals surface area contributed by atoms with Gasteiger partial charge in [-0.2, -0.15) is 0 Å². The molecule has 0 aliphatic rings. The standard InChI is InChI=1S/C21H28N2O3S/c1-6-18-9-7-8-17(4)21(18)22-20(24)10-11-23(27(5,25)26)19-13-15(2)12-16(3)14-19/h7-9,12-14H,6,10-11H2,1-5H3,(H,22,24). The van der Waals surface area contributed by atoms with Gasteiger partial charge in [0, 0.05) is 18.7 Å². The van der Waals surface area contributed by atoms with Crippen molar-refractivity contribution >= 4 is 27.3 Å². The van der Waals surface area contributed by atoms with E-state index in [2.05, 4.69) is 5.32 Å². The molecule has 0 radical (unpaired) electrons. The zero-order valence-corrected chi connectivity index (χ0v) is 17.5. The van der Waals surface area contributed by atoms with Crippen molar-refractivity contribution in [2.75, 3.05) is 22.4 Å². The molecule has 2 aromatic carbocycles. The number of anilines is 2. The van der Waals surface area contributed by atoms with E-state index in [1.54, 1.807) is 0 Å². The van der Waals surface area contributed by atoms with Gasteiger partial charge in [-0.1, -0.05) is 31.2 Å². The van der Waals surface area contributed by atoms with Gasteiger partial charge in [0.15, 0.2) is 0 Å². The normalized spacial score (nSPS) is 11.3. The van der Waals surface area contributed by atoms with Crippen molar-refractivity contribution in [2.45, 2.75) is 40.5 Å². The Bertz CT molecular complexity index is 916. The first kappa shape index (κ1) is 21.0. The molecule has 0 saturated heterocycles. The number of aryl methyl sites for hydroxylation is 4. The van der Waals surface area contributed by atoms with E-state index >= 15 is 0 Å². The third-order valence-electron chi connectivity index (χ3n) is 4.44. The van der Waals surface area contributed by atoms with Crippen molar-refractivity contribution in [1.82, 2.24) is 0 Å². The van der Waals surface area contributed by atoms with Crippen LogP contribution in [0.1, 0.15) is 35.6 Å². The molecule has 0 aliphatic carbocycles. The van der Waals surface area contributed by atoms with E-state index in [0.717, 1.165) is 34.4 Å². The highest BCUT2D eigenvalue weighted by molar-refractivity contribution is 7.92. The smallest absolute Gasteiger partial charge is 0.232 e. The molecule has 1 N–H and O–H groups in total. The van der Waals surface area contributed by atoms with Gasteiger partial charge in [-0.15, -0.1) is 0 Å². The molecule has 2 aromatic rings. The number of sulfonamides is 1. The number of amides is 1. The lowest BCUT2D eigenvalue weighted by molar-refractivity contribution is -0.116. The zero-order valence-electron chi connectivity index (χ0n) is 16.7. The van der Waals surface area contributed by atoms with Crippen LogP contribution in [0.4, 0.5) is 11.4 Å². The summed E-state index contributed by atoms with van der Waals surface area (Å²) in [6.45, 7) is 7.94. The SMILES string of the molecule is CCc1cccc(C)c1NC(=O)CCN(c1cc(C)cc(C)c1)S(C)(=O)=O. The molecule has 0 heterocycles. The highest BCUT2D eigenvalue weighted by Gasteiger charge is 2.19. The molecule has 2 rings (SSSR count). The number of benzene rings is 2. The summed E-state index contributed by atoms with van der Waals surface area (Å²) in [7, 11) is -3.49. The highest BCUT2D eigenvalue weighted by atomic mass is 32.2. The van der Waals surface area contributed by atoms with Crippen LogP contribution in [0.25, 0.3) is 0 Å². The van der Waals surface area contributed by atoms with Crippen LogP contribution in [-0.2, 0) is 21.2 Å². The number of hydrogen-bond donors (Lipinski definition) is 1.